The number of carbonyl (C=O) groups excluding carboxylic acids is 4. The summed E-state index contributed by atoms with van der Waals surface area (Å²) in [5.41, 5.74) is 1.23. The number of thiophene rings is 1. The van der Waals surface area contributed by atoms with Crippen LogP contribution < -0.4 is 5.32 Å². The Hall–Kier alpha value is -3.67. The average molecular weight is 445 g/mol. The van der Waals surface area contributed by atoms with Crippen molar-refractivity contribution in [2.24, 2.45) is 0 Å². The van der Waals surface area contributed by atoms with E-state index in [1.807, 2.05) is 0 Å². The van der Waals surface area contributed by atoms with E-state index in [1.165, 1.54) is 17.6 Å². The molecule has 0 radical (unpaired) electrons. The van der Waals surface area contributed by atoms with Gasteiger partial charge in [0.25, 0.3) is 17.5 Å². The van der Waals surface area contributed by atoms with Crippen molar-refractivity contribution in [2.45, 2.75) is 27.7 Å². The molecule has 3 heterocycles. The van der Waals surface area contributed by atoms with E-state index in [2.05, 4.69) is 20.4 Å². The van der Waals surface area contributed by atoms with Gasteiger partial charge in [0.15, 0.2) is 12.4 Å². The van der Waals surface area contributed by atoms with Crippen molar-refractivity contribution >= 4 is 45.7 Å². The molecule has 0 aromatic carbocycles. The minimum Gasteiger partial charge on any atom is -0.462 e. The Morgan fingerprint density at radius 3 is 2.55 bits per heavy atom. The second-order valence-electron chi connectivity index (χ2n) is 6.39. The molecule has 31 heavy (non-hydrogen) atoms. The molecule has 0 aliphatic carbocycles. The molecule has 0 bridgehead atoms. The number of anilines is 1. The fourth-order valence-corrected chi connectivity index (χ4v) is 3.84. The van der Waals surface area contributed by atoms with Crippen LogP contribution in [-0.4, -0.2) is 56.4 Å². The maximum absolute atomic E-state index is 12.3. The number of aryl methyl sites for hydroxylation is 1. The molecule has 11 nitrogen and oxygen atoms in total. The SMILES string of the molecule is CCOC(=O)c1c(NC(=O)COC(=O)c2nc3nccc(C)n3n2)sc(C(C)=O)c1C. The number of fused-ring (bicyclic) bond motifs is 1. The number of nitrogens with one attached hydrogen (secondary N) is 1. The molecule has 0 spiro atoms. The van der Waals surface area contributed by atoms with Gasteiger partial charge in [-0.25, -0.2) is 19.1 Å². The van der Waals surface area contributed by atoms with Crippen LogP contribution in [0.3, 0.4) is 0 Å². The van der Waals surface area contributed by atoms with Crippen LogP contribution in [0.25, 0.3) is 5.78 Å². The maximum atomic E-state index is 12.3. The molecular weight excluding hydrogens is 426 g/mol. The van der Waals surface area contributed by atoms with Crippen molar-refractivity contribution in [1.82, 2.24) is 19.6 Å². The Morgan fingerprint density at radius 1 is 1.16 bits per heavy atom. The molecule has 12 heteroatoms. The van der Waals surface area contributed by atoms with Crippen molar-refractivity contribution in [3.8, 4) is 0 Å². The van der Waals surface area contributed by atoms with E-state index in [1.54, 1.807) is 26.8 Å². The van der Waals surface area contributed by atoms with E-state index >= 15 is 0 Å². The zero-order valence-electron chi connectivity index (χ0n) is 17.2. The minimum absolute atomic E-state index is 0.0975. The van der Waals surface area contributed by atoms with Crippen LogP contribution >= 0.6 is 11.3 Å². The summed E-state index contributed by atoms with van der Waals surface area (Å²) in [5, 5.41) is 6.65. The Labute approximate surface area is 180 Å². The first-order valence-electron chi connectivity index (χ1n) is 9.19. The number of aromatic nitrogens is 4. The van der Waals surface area contributed by atoms with Gasteiger partial charge in [-0.05, 0) is 39.3 Å². The number of Topliss-reactive ketones (excluding diaryl/α,β-unsaturated/α-hetero) is 1. The summed E-state index contributed by atoms with van der Waals surface area (Å²) in [7, 11) is 0. The highest BCUT2D eigenvalue weighted by Crippen LogP contribution is 2.34. The van der Waals surface area contributed by atoms with Gasteiger partial charge in [-0.15, -0.1) is 16.4 Å². The third-order valence-corrected chi connectivity index (χ3v) is 5.45. The van der Waals surface area contributed by atoms with Gasteiger partial charge in [-0.3, -0.25) is 9.59 Å². The summed E-state index contributed by atoms with van der Waals surface area (Å²) >= 11 is 0.953. The summed E-state index contributed by atoms with van der Waals surface area (Å²) < 4.78 is 11.4. The van der Waals surface area contributed by atoms with E-state index in [0.717, 1.165) is 17.0 Å². The number of rotatable bonds is 7. The van der Waals surface area contributed by atoms with Gasteiger partial charge >= 0.3 is 11.9 Å². The van der Waals surface area contributed by atoms with Gasteiger partial charge < -0.3 is 14.8 Å². The second-order valence-corrected chi connectivity index (χ2v) is 7.42. The van der Waals surface area contributed by atoms with Gasteiger partial charge in [-0.2, -0.15) is 4.98 Å². The van der Waals surface area contributed by atoms with Gasteiger partial charge in [0.2, 0.25) is 0 Å². The van der Waals surface area contributed by atoms with Crippen molar-refractivity contribution in [2.75, 3.05) is 18.5 Å². The highest BCUT2D eigenvalue weighted by Gasteiger charge is 2.26. The number of esters is 2. The molecule has 0 atom stereocenters. The van der Waals surface area contributed by atoms with Crippen LogP contribution in [0.5, 0.6) is 0 Å². The van der Waals surface area contributed by atoms with Gasteiger partial charge in [0.05, 0.1) is 17.0 Å². The maximum Gasteiger partial charge on any atom is 0.378 e. The van der Waals surface area contributed by atoms with Crippen LogP contribution in [0, 0.1) is 13.8 Å². The van der Waals surface area contributed by atoms with Crippen LogP contribution in [0.15, 0.2) is 12.3 Å². The third-order valence-electron chi connectivity index (χ3n) is 4.15. The lowest BCUT2D eigenvalue weighted by Gasteiger charge is -2.07. The molecule has 0 unspecified atom stereocenters. The van der Waals surface area contributed by atoms with Crippen LogP contribution in [0.2, 0.25) is 0 Å². The highest BCUT2D eigenvalue weighted by molar-refractivity contribution is 7.18. The number of ether oxygens (including phenoxy) is 2. The number of nitrogens with zero attached hydrogens (tertiary/aromatic N) is 4. The third kappa shape index (κ3) is 4.58. The summed E-state index contributed by atoms with van der Waals surface area (Å²) in [6.45, 7) is 5.86. The second kappa shape index (κ2) is 9.00. The first-order valence-corrected chi connectivity index (χ1v) is 10.0. The van der Waals surface area contributed by atoms with Gasteiger partial charge in [0.1, 0.15) is 5.00 Å². The van der Waals surface area contributed by atoms with Crippen molar-refractivity contribution < 1.29 is 28.7 Å². The molecule has 162 valence electrons. The lowest BCUT2D eigenvalue weighted by atomic mass is 10.1. The smallest absolute Gasteiger partial charge is 0.378 e. The molecule has 0 saturated heterocycles. The minimum atomic E-state index is -0.905. The fraction of sp³-hybridized carbons (Fsp3) is 0.316. The first-order chi connectivity index (χ1) is 14.7. The average Bonchev–Trinajstić information content (AvgIpc) is 3.28. The van der Waals surface area contributed by atoms with E-state index < -0.39 is 24.5 Å². The standard InChI is InChI=1S/C19H19N5O6S/c1-5-29-17(27)13-10(3)14(11(4)25)31-16(13)21-12(26)8-30-18(28)15-22-19-20-7-6-9(2)24(19)23-15/h6-7H,5,8H2,1-4H3,(H,21,26). The Morgan fingerprint density at radius 2 is 1.90 bits per heavy atom. The highest BCUT2D eigenvalue weighted by atomic mass is 32.1. The summed E-state index contributed by atoms with van der Waals surface area (Å²) in [4.78, 5) is 56.9. The van der Waals surface area contributed by atoms with E-state index in [-0.39, 0.29) is 34.6 Å². The molecule has 0 aliphatic rings. The monoisotopic (exact) mass is 445 g/mol. The first kappa shape index (κ1) is 22.0. The van der Waals surface area contributed by atoms with Crippen molar-refractivity contribution in [3.63, 3.8) is 0 Å². The summed E-state index contributed by atoms with van der Waals surface area (Å²) in [6.07, 6.45) is 1.53. The van der Waals surface area contributed by atoms with Gasteiger partial charge in [-0.1, -0.05) is 0 Å². The number of hydrogen-bond donors (Lipinski definition) is 1. The Balaban J connectivity index is 1.72. The quantitative estimate of drug-likeness (QED) is 0.426. The molecule has 1 N–H and O–H groups in total. The van der Waals surface area contributed by atoms with Crippen LogP contribution in [-0.2, 0) is 14.3 Å². The Kier molecular flexibility index (Phi) is 6.39. The largest absolute Gasteiger partial charge is 0.462 e. The molecule has 0 saturated carbocycles. The van der Waals surface area contributed by atoms with Gasteiger partial charge in [0, 0.05) is 11.9 Å². The number of ketones is 1. The predicted molar refractivity (Wildman–Crippen MR) is 109 cm³/mol. The van der Waals surface area contributed by atoms with Crippen LogP contribution in [0.4, 0.5) is 5.00 Å². The van der Waals surface area contributed by atoms with E-state index in [0.29, 0.717) is 10.4 Å². The van der Waals surface area contributed by atoms with Crippen molar-refractivity contribution in [3.05, 3.63) is 39.8 Å². The Bertz CT molecular complexity index is 1200. The molecule has 1 amide bonds. The molecule has 3 rings (SSSR count). The van der Waals surface area contributed by atoms with Crippen molar-refractivity contribution in [1.29, 1.82) is 0 Å². The topological polar surface area (TPSA) is 142 Å². The summed E-state index contributed by atoms with van der Waals surface area (Å²) in [5.74, 6) is -2.53. The molecule has 3 aromatic heterocycles. The zero-order chi connectivity index (χ0) is 22.7. The molecular formula is C19H19N5O6S. The normalized spacial score (nSPS) is 10.7. The molecule has 0 aliphatic heterocycles. The lowest BCUT2D eigenvalue weighted by molar-refractivity contribution is -0.119. The van der Waals surface area contributed by atoms with Crippen LogP contribution in [0.1, 0.15) is 55.8 Å². The van der Waals surface area contributed by atoms with E-state index in [9.17, 15) is 19.2 Å². The number of amides is 1. The zero-order valence-corrected chi connectivity index (χ0v) is 18.0. The molecule has 3 aromatic rings. The lowest BCUT2D eigenvalue weighted by Crippen LogP contribution is -2.22. The molecule has 0 fully saturated rings. The number of hydrogen-bond acceptors (Lipinski definition) is 10. The number of carbonyl (C=O) groups is 4. The van der Waals surface area contributed by atoms with E-state index in [4.69, 9.17) is 9.47 Å². The summed E-state index contributed by atoms with van der Waals surface area (Å²) in [6, 6.07) is 1.70. The predicted octanol–water partition coefficient (Wildman–Crippen LogP) is 1.98. The fourth-order valence-electron chi connectivity index (χ4n) is 2.74.